The van der Waals surface area contributed by atoms with Crippen molar-refractivity contribution in [2.45, 2.75) is 27.2 Å². The molecule has 0 radical (unpaired) electrons. The molecule has 3 atom stereocenters. The van der Waals surface area contributed by atoms with Crippen LogP contribution in [0.15, 0.2) is 54.6 Å². The molecule has 1 heterocycles. The smallest absolute Gasteiger partial charge is 0.338 e. The van der Waals surface area contributed by atoms with Crippen LogP contribution < -0.4 is 10.2 Å². The molecule has 3 amide bonds. The predicted molar refractivity (Wildman–Crippen MR) is 124 cm³/mol. The second-order valence-electron chi connectivity index (χ2n) is 8.66. The maximum Gasteiger partial charge on any atom is 0.338 e. The molecule has 0 spiro atoms. The van der Waals surface area contributed by atoms with Crippen molar-refractivity contribution < 1.29 is 23.9 Å². The van der Waals surface area contributed by atoms with Crippen LogP contribution in [0.5, 0.6) is 0 Å². The number of rotatable bonds is 5. The molecular weight excluding hydrogens is 420 g/mol. The van der Waals surface area contributed by atoms with Crippen molar-refractivity contribution in [3.05, 3.63) is 71.3 Å². The van der Waals surface area contributed by atoms with E-state index in [1.165, 1.54) is 17.0 Å². The Labute approximate surface area is 192 Å². The molecule has 0 saturated carbocycles. The van der Waals surface area contributed by atoms with Crippen LogP contribution in [0.2, 0.25) is 0 Å². The van der Waals surface area contributed by atoms with E-state index in [1.54, 1.807) is 18.2 Å². The second kappa shape index (κ2) is 9.02. The van der Waals surface area contributed by atoms with E-state index >= 15 is 0 Å². The topological polar surface area (TPSA) is 92.8 Å². The number of carbonyl (C=O) groups excluding carboxylic acids is 4. The van der Waals surface area contributed by atoms with Gasteiger partial charge in [-0.05, 0) is 62.1 Å². The van der Waals surface area contributed by atoms with Gasteiger partial charge in [0.1, 0.15) is 0 Å². The molecule has 1 fully saturated rings. The fourth-order valence-corrected chi connectivity index (χ4v) is 4.50. The Kier molecular flexibility index (Phi) is 6.14. The van der Waals surface area contributed by atoms with Gasteiger partial charge in [0, 0.05) is 5.69 Å². The van der Waals surface area contributed by atoms with Crippen LogP contribution in [0.1, 0.15) is 34.8 Å². The molecule has 7 nitrogen and oxygen atoms in total. The molecule has 1 aliphatic carbocycles. The van der Waals surface area contributed by atoms with Gasteiger partial charge in [0.2, 0.25) is 11.8 Å². The minimum Gasteiger partial charge on any atom is -0.452 e. The average Bonchev–Trinajstić information content (AvgIpc) is 3.05. The Hall–Kier alpha value is -3.74. The van der Waals surface area contributed by atoms with E-state index in [0.29, 0.717) is 17.8 Å². The standard InChI is InChI=1S/C26H26N2O5/c1-15-7-12-21(17(3)13-15)27-22(29)14-33-26(32)18-8-10-19(11-9-18)28-24(30)20-6-4-5-16(2)23(20)25(28)31/h4-5,7-13,16,20,23H,6,14H2,1-3H3,(H,27,29)/t16-,20+,23-/m0/s1. The Bertz CT molecular complexity index is 1150. The van der Waals surface area contributed by atoms with E-state index in [2.05, 4.69) is 5.32 Å². The summed E-state index contributed by atoms with van der Waals surface area (Å²) in [4.78, 5) is 51.4. The number of nitrogens with zero attached hydrogens (tertiary/aromatic N) is 1. The third-order valence-corrected chi connectivity index (χ3v) is 6.22. The van der Waals surface area contributed by atoms with Gasteiger partial charge in [-0.25, -0.2) is 4.79 Å². The minimum absolute atomic E-state index is 0.00861. The lowest BCUT2D eigenvalue weighted by Crippen LogP contribution is -2.31. The fraction of sp³-hybridized carbons (Fsp3) is 0.308. The van der Waals surface area contributed by atoms with Gasteiger partial charge in [0.15, 0.2) is 6.61 Å². The quantitative estimate of drug-likeness (QED) is 0.428. The lowest BCUT2D eigenvalue weighted by Gasteiger charge is -2.22. The molecule has 2 aromatic carbocycles. The van der Waals surface area contributed by atoms with E-state index in [4.69, 9.17) is 4.74 Å². The van der Waals surface area contributed by atoms with Crippen LogP contribution >= 0.6 is 0 Å². The number of carbonyl (C=O) groups is 4. The number of nitrogens with one attached hydrogen (secondary N) is 1. The van der Waals surface area contributed by atoms with Crippen LogP contribution in [0, 0.1) is 31.6 Å². The van der Waals surface area contributed by atoms with Gasteiger partial charge in [-0.1, -0.05) is 36.8 Å². The summed E-state index contributed by atoms with van der Waals surface area (Å²) in [6, 6.07) is 11.7. The van der Waals surface area contributed by atoms with Crippen molar-refractivity contribution >= 4 is 35.1 Å². The molecule has 0 bridgehead atoms. The number of imide groups is 1. The summed E-state index contributed by atoms with van der Waals surface area (Å²) in [5.41, 5.74) is 3.32. The number of fused-ring (bicyclic) bond motifs is 1. The number of hydrogen-bond donors (Lipinski definition) is 1. The molecule has 170 valence electrons. The Morgan fingerprint density at radius 3 is 2.45 bits per heavy atom. The van der Waals surface area contributed by atoms with Gasteiger partial charge < -0.3 is 10.1 Å². The summed E-state index contributed by atoms with van der Waals surface area (Å²) in [6.07, 6.45) is 4.49. The normalized spacial score (nSPS) is 21.7. The maximum absolute atomic E-state index is 12.9. The van der Waals surface area contributed by atoms with Gasteiger partial charge >= 0.3 is 5.97 Å². The Balaban J connectivity index is 1.37. The van der Waals surface area contributed by atoms with Crippen LogP contribution in [0.25, 0.3) is 0 Å². The first kappa shape index (κ1) is 22.5. The first-order chi connectivity index (χ1) is 15.8. The van der Waals surface area contributed by atoms with Gasteiger partial charge in [0.05, 0.1) is 23.1 Å². The maximum atomic E-state index is 12.9. The van der Waals surface area contributed by atoms with Crippen LogP contribution in [0.3, 0.4) is 0 Å². The largest absolute Gasteiger partial charge is 0.452 e. The molecule has 1 aliphatic heterocycles. The number of benzene rings is 2. The Morgan fingerprint density at radius 1 is 1.06 bits per heavy atom. The van der Waals surface area contributed by atoms with Gasteiger partial charge in [-0.3, -0.25) is 19.3 Å². The zero-order valence-electron chi connectivity index (χ0n) is 18.8. The zero-order valence-corrected chi connectivity index (χ0v) is 18.8. The first-order valence-electron chi connectivity index (χ1n) is 10.9. The van der Waals surface area contributed by atoms with E-state index in [0.717, 1.165) is 11.1 Å². The minimum atomic E-state index is -0.664. The Morgan fingerprint density at radius 2 is 1.79 bits per heavy atom. The highest BCUT2D eigenvalue weighted by Gasteiger charge is 2.50. The van der Waals surface area contributed by atoms with Gasteiger partial charge in [0.25, 0.3) is 5.91 Å². The highest BCUT2D eigenvalue weighted by Crippen LogP contribution is 2.40. The molecule has 2 aromatic rings. The average molecular weight is 447 g/mol. The predicted octanol–water partition coefficient (Wildman–Crippen LogP) is 3.80. The highest BCUT2D eigenvalue weighted by molar-refractivity contribution is 6.22. The van der Waals surface area contributed by atoms with Crippen molar-refractivity contribution in [3.8, 4) is 0 Å². The summed E-state index contributed by atoms with van der Waals surface area (Å²) in [7, 11) is 0. The molecule has 0 unspecified atom stereocenters. The summed E-state index contributed by atoms with van der Waals surface area (Å²) in [5.74, 6) is -2.19. The van der Waals surface area contributed by atoms with E-state index in [1.807, 2.05) is 45.1 Å². The number of anilines is 2. The summed E-state index contributed by atoms with van der Waals surface area (Å²) < 4.78 is 5.12. The fourth-order valence-electron chi connectivity index (χ4n) is 4.50. The second-order valence-corrected chi connectivity index (χ2v) is 8.66. The van der Waals surface area contributed by atoms with Crippen LogP contribution in [0.4, 0.5) is 11.4 Å². The van der Waals surface area contributed by atoms with E-state index < -0.39 is 18.5 Å². The number of ether oxygens (including phenoxy) is 1. The summed E-state index contributed by atoms with van der Waals surface area (Å²) >= 11 is 0. The van der Waals surface area contributed by atoms with E-state index in [9.17, 15) is 19.2 Å². The lowest BCUT2D eigenvalue weighted by atomic mass is 9.78. The summed E-state index contributed by atoms with van der Waals surface area (Å²) in [6.45, 7) is 5.37. The SMILES string of the molecule is Cc1ccc(NC(=O)COC(=O)c2ccc(N3C(=O)[C@H]4[C@@H](C)C=CC[C@H]4C3=O)cc2)c(C)c1. The number of esters is 1. The molecule has 33 heavy (non-hydrogen) atoms. The van der Waals surface area contributed by atoms with Crippen molar-refractivity contribution in [2.75, 3.05) is 16.8 Å². The molecule has 1 N–H and O–H groups in total. The van der Waals surface area contributed by atoms with E-state index in [-0.39, 0.29) is 35.1 Å². The van der Waals surface area contributed by atoms with Crippen molar-refractivity contribution in [1.29, 1.82) is 0 Å². The monoisotopic (exact) mass is 446 g/mol. The van der Waals surface area contributed by atoms with Gasteiger partial charge in [-0.2, -0.15) is 0 Å². The van der Waals surface area contributed by atoms with Gasteiger partial charge in [-0.15, -0.1) is 0 Å². The summed E-state index contributed by atoms with van der Waals surface area (Å²) in [5, 5.41) is 2.73. The lowest BCUT2D eigenvalue weighted by molar-refractivity contribution is -0.123. The van der Waals surface area contributed by atoms with Crippen molar-refractivity contribution in [3.63, 3.8) is 0 Å². The van der Waals surface area contributed by atoms with Crippen LogP contribution in [-0.2, 0) is 19.1 Å². The first-order valence-corrected chi connectivity index (χ1v) is 10.9. The number of hydrogen-bond acceptors (Lipinski definition) is 5. The molecule has 2 aliphatic rings. The van der Waals surface area contributed by atoms with Crippen LogP contribution in [-0.4, -0.2) is 30.3 Å². The third kappa shape index (κ3) is 4.44. The zero-order chi connectivity index (χ0) is 23.7. The third-order valence-electron chi connectivity index (χ3n) is 6.22. The molecule has 4 rings (SSSR count). The number of aryl methyl sites for hydroxylation is 2. The molecule has 0 aromatic heterocycles. The molecular formula is C26H26N2O5. The highest BCUT2D eigenvalue weighted by atomic mass is 16.5. The molecule has 1 saturated heterocycles. The van der Waals surface area contributed by atoms with Crippen molar-refractivity contribution in [1.82, 2.24) is 0 Å². The number of amides is 3. The van der Waals surface area contributed by atoms with Crippen molar-refractivity contribution in [2.24, 2.45) is 17.8 Å². The molecule has 7 heteroatoms. The number of allylic oxidation sites excluding steroid dienone is 2.